The molecule has 0 amide bonds. The molecule has 0 N–H and O–H groups in total. The first kappa shape index (κ1) is 14.2. The van der Waals surface area contributed by atoms with E-state index in [1.807, 2.05) is 24.3 Å². The van der Waals surface area contributed by atoms with E-state index in [-0.39, 0.29) is 0 Å². The van der Waals surface area contributed by atoms with Gasteiger partial charge in [0.1, 0.15) is 5.75 Å². The number of hydrogen-bond donors (Lipinski definition) is 0. The lowest BCUT2D eigenvalue weighted by atomic mass is 10.2. The van der Waals surface area contributed by atoms with Gasteiger partial charge in [0, 0.05) is 10.6 Å². The number of aryl methyl sites for hydroxylation is 1. The second-order valence-electron chi connectivity index (χ2n) is 4.25. The fraction of sp³-hybridized carbons (Fsp3) is 0.200. The van der Waals surface area contributed by atoms with Gasteiger partial charge in [-0.3, -0.25) is 0 Å². The maximum atomic E-state index is 5.70. The van der Waals surface area contributed by atoms with E-state index in [4.69, 9.17) is 9.15 Å². The molecule has 0 aliphatic heterocycles. The molecule has 21 heavy (non-hydrogen) atoms. The molecule has 2 heterocycles. The van der Waals surface area contributed by atoms with E-state index in [1.165, 1.54) is 4.88 Å². The number of thiophene rings is 1. The van der Waals surface area contributed by atoms with Crippen LogP contribution in [-0.4, -0.2) is 23.1 Å². The number of ether oxygens (including phenoxy) is 1. The van der Waals surface area contributed by atoms with Crippen molar-refractivity contribution in [2.24, 2.45) is 0 Å². The highest BCUT2D eigenvalue weighted by atomic mass is 32.2. The minimum absolute atomic E-state index is 0.492. The van der Waals surface area contributed by atoms with Crippen LogP contribution >= 0.6 is 23.1 Å². The lowest BCUT2D eigenvalue weighted by Crippen LogP contribution is -1.87. The summed E-state index contributed by atoms with van der Waals surface area (Å²) in [6.07, 6.45) is 1.01. The quantitative estimate of drug-likeness (QED) is 0.639. The van der Waals surface area contributed by atoms with Crippen molar-refractivity contribution in [1.82, 2.24) is 10.2 Å². The van der Waals surface area contributed by atoms with Crippen molar-refractivity contribution in [3.8, 4) is 17.2 Å². The van der Waals surface area contributed by atoms with Crippen LogP contribution < -0.4 is 4.74 Å². The van der Waals surface area contributed by atoms with Crippen LogP contribution in [0.5, 0.6) is 5.75 Å². The molecule has 0 fully saturated rings. The minimum atomic E-state index is 0.492. The van der Waals surface area contributed by atoms with Gasteiger partial charge in [-0.1, -0.05) is 30.0 Å². The van der Waals surface area contributed by atoms with Gasteiger partial charge in [0.25, 0.3) is 11.1 Å². The average Bonchev–Trinajstić information content (AvgIpc) is 3.19. The van der Waals surface area contributed by atoms with Gasteiger partial charge in [-0.2, -0.15) is 0 Å². The summed E-state index contributed by atoms with van der Waals surface area (Å²) in [5.41, 5.74) is 0.817. The van der Waals surface area contributed by atoms with Crippen molar-refractivity contribution in [1.29, 1.82) is 0 Å². The Labute approximate surface area is 131 Å². The summed E-state index contributed by atoms with van der Waals surface area (Å²) < 4.78 is 11.0. The van der Waals surface area contributed by atoms with Crippen molar-refractivity contribution in [2.45, 2.75) is 11.6 Å². The highest BCUT2D eigenvalue weighted by Crippen LogP contribution is 2.30. The molecule has 6 heteroatoms. The number of benzene rings is 1. The molecule has 3 rings (SSSR count). The number of methoxy groups -OCH3 is 1. The summed E-state index contributed by atoms with van der Waals surface area (Å²) in [5.74, 6) is 2.15. The molecule has 0 saturated heterocycles. The Morgan fingerprint density at radius 1 is 1.19 bits per heavy atom. The van der Waals surface area contributed by atoms with Crippen molar-refractivity contribution in [2.75, 3.05) is 12.9 Å². The highest BCUT2D eigenvalue weighted by Gasteiger charge is 2.13. The lowest BCUT2D eigenvalue weighted by Gasteiger charge is -2.03. The smallest absolute Gasteiger partial charge is 0.276 e. The molecular weight excluding hydrogens is 304 g/mol. The first-order valence-electron chi connectivity index (χ1n) is 6.49. The van der Waals surface area contributed by atoms with E-state index in [0.717, 1.165) is 23.5 Å². The zero-order valence-corrected chi connectivity index (χ0v) is 13.1. The molecule has 1 aromatic carbocycles. The Morgan fingerprint density at radius 2 is 2.10 bits per heavy atom. The first-order chi connectivity index (χ1) is 10.4. The number of thioether (sulfide) groups is 1. The number of para-hydroxylation sites is 1. The maximum Gasteiger partial charge on any atom is 0.276 e. The molecule has 3 aromatic rings. The molecule has 0 atom stereocenters. The molecule has 0 bridgehead atoms. The van der Waals surface area contributed by atoms with Gasteiger partial charge in [0.05, 0.1) is 12.7 Å². The fourth-order valence-electron chi connectivity index (χ4n) is 1.89. The number of rotatable bonds is 6. The monoisotopic (exact) mass is 318 g/mol. The minimum Gasteiger partial charge on any atom is -0.496 e. The highest BCUT2D eigenvalue weighted by molar-refractivity contribution is 7.99. The summed E-state index contributed by atoms with van der Waals surface area (Å²) in [4.78, 5) is 1.37. The molecule has 2 aromatic heterocycles. The zero-order valence-electron chi connectivity index (χ0n) is 11.5. The number of nitrogens with zero attached hydrogens (tertiary/aromatic N) is 2. The van der Waals surface area contributed by atoms with Gasteiger partial charge in [-0.15, -0.1) is 21.5 Å². The standard InChI is InChI=1S/C15H14N2O2S2/c1-18-13-7-3-2-6-12(13)14-16-17-15(19-14)21-10-8-11-5-4-9-20-11/h2-7,9H,8,10H2,1H3. The van der Waals surface area contributed by atoms with Crippen molar-refractivity contribution in [3.63, 3.8) is 0 Å². The first-order valence-corrected chi connectivity index (χ1v) is 8.35. The fourth-order valence-corrected chi connectivity index (χ4v) is 3.46. The molecule has 0 aliphatic rings. The van der Waals surface area contributed by atoms with E-state index in [0.29, 0.717) is 11.1 Å². The predicted molar refractivity (Wildman–Crippen MR) is 85.0 cm³/mol. The van der Waals surface area contributed by atoms with Gasteiger partial charge in [-0.25, -0.2) is 0 Å². The van der Waals surface area contributed by atoms with Crippen molar-refractivity contribution < 1.29 is 9.15 Å². The van der Waals surface area contributed by atoms with Crippen LogP contribution in [0.4, 0.5) is 0 Å². The van der Waals surface area contributed by atoms with Gasteiger partial charge >= 0.3 is 0 Å². The third kappa shape index (κ3) is 3.46. The van der Waals surface area contributed by atoms with Crippen LogP contribution in [0, 0.1) is 0 Å². The van der Waals surface area contributed by atoms with Gasteiger partial charge in [-0.05, 0) is 30.0 Å². The molecular formula is C15H14N2O2S2. The van der Waals surface area contributed by atoms with Crippen LogP contribution in [0.1, 0.15) is 4.88 Å². The van der Waals surface area contributed by atoms with Crippen LogP contribution in [-0.2, 0) is 6.42 Å². The third-order valence-electron chi connectivity index (χ3n) is 2.90. The zero-order chi connectivity index (χ0) is 14.5. The topological polar surface area (TPSA) is 48.2 Å². The SMILES string of the molecule is COc1ccccc1-c1nnc(SCCc2cccs2)o1. The Hall–Kier alpha value is -1.79. The van der Waals surface area contributed by atoms with Crippen LogP contribution in [0.2, 0.25) is 0 Å². The second kappa shape index (κ2) is 6.78. The van der Waals surface area contributed by atoms with E-state index < -0.39 is 0 Å². The normalized spacial score (nSPS) is 10.7. The third-order valence-corrected chi connectivity index (χ3v) is 4.65. The molecule has 108 valence electrons. The maximum absolute atomic E-state index is 5.70. The lowest BCUT2D eigenvalue weighted by molar-refractivity contribution is 0.411. The molecule has 0 aliphatic carbocycles. The van der Waals surface area contributed by atoms with E-state index in [9.17, 15) is 0 Å². The Bertz CT molecular complexity index is 695. The molecule has 4 nitrogen and oxygen atoms in total. The van der Waals surface area contributed by atoms with Crippen LogP contribution in [0.3, 0.4) is 0 Å². The number of hydrogen-bond acceptors (Lipinski definition) is 6. The van der Waals surface area contributed by atoms with E-state index in [1.54, 1.807) is 30.2 Å². The Balaban J connectivity index is 1.66. The summed E-state index contributed by atoms with van der Waals surface area (Å²) in [6, 6.07) is 11.8. The number of aromatic nitrogens is 2. The summed E-state index contributed by atoms with van der Waals surface area (Å²) in [5, 5.41) is 10.9. The summed E-state index contributed by atoms with van der Waals surface area (Å²) in [6.45, 7) is 0. The van der Waals surface area contributed by atoms with Gasteiger partial charge in [0.2, 0.25) is 0 Å². The van der Waals surface area contributed by atoms with Crippen LogP contribution in [0.15, 0.2) is 51.4 Å². The van der Waals surface area contributed by atoms with E-state index >= 15 is 0 Å². The van der Waals surface area contributed by atoms with Crippen molar-refractivity contribution in [3.05, 3.63) is 46.7 Å². The average molecular weight is 318 g/mol. The Kier molecular flexibility index (Phi) is 4.57. The predicted octanol–water partition coefficient (Wildman–Crippen LogP) is 4.14. The molecule has 0 saturated carbocycles. The largest absolute Gasteiger partial charge is 0.496 e. The van der Waals surface area contributed by atoms with Gasteiger partial charge < -0.3 is 9.15 Å². The molecule has 0 radical (unpaired) electrons. The summed E-state index contributed by atoms with van der Waals surface area (Å²) in [7, 11) is 1.63. The van der Waals surface area contributed by atoms with Crippen molar-refractivity contribution >= 4 is 23.1 Å². The Morgan fingerprint density at radius 3 is 2.90 bits per heavy atom. The van der Waals surface area contributed by atoms with Crippen LogP contribution in [0.25, 0.3) is 11.5 Å². The second-order valence-corrected chi connectivity index (χ2v) is 6.33. The molecule has 0 unspecified atom stereocenters. The molecule has 0 spiro atoms. The van der Waals surface area contributed by atoms with Gasteiger partial charge in [0.15, 0.2) is 0 Å². The summed E-state index contributed by atoms with van der Waals surface area (Å²) >= 11 is 3.34. The van der Waals surface area contributed by atoms with E-state index in [2.05, 4.69) is 27.7 Å².